The maximum Gasteiger partial charge on any atom is 0.244 e. The van der Waals surface area contributed by atoms with E-state index in [0.29, 0.717) is 6.54 Å². The van der Waals surface area contributed by atoms with Crippen LogP contribution in [0.3, 0.4) is 0 Å². The lowest BCUT2D eigenvalue weighted by atomic mass is 9.93. The van der Waals surface area contributed by atoms with Gasteiger partial charge >= 0.3 is 0 Å². The van der Waals surface area contributed by atoms with Crippen molar-refractivity contribution in [2.24, 2.45) is 0 Å². The highest BCUT2D eigenvalue weighted by Gasteiger charge is 2.23. The normalized spacial score (nSPS) is 13.7. The standard InChI is InChI=1S/C26H29NO4/c1-16(12-24(28)27-15-18-8-7-9-19(13-18)29-3)21-14-22-20-10-5-6-11-23(20)31-26(22)17(2)25(21)30-4/h7-9,12-14H,5-6,10-11,15H2,1-4H3,(H,27,28)/b16-12+. The van der Waals surface area contributed by atoms with Crippen molar-refractivity contribution in [3.05, 3.63) is 64.4 Å². The first-order chi connectivity index (χ1) is 15.0. The highest BCUT2D eigenvalue weighted by atomic mass is 16.5. The summed E-state index contributed by atoms with van der Waals surface area (Å²) >= 11 is 0. The van der Waals surface area contributed by atoms with E-state index in [1.165, 1.54) is 18.4 Å². The summed E-state index contributed by atoms with van der Waals surface area (Å²) in [6.07, 6.45) is 6.02. The topological polar surface area (TPSA) is 60.7 Å². The van der Waals surface area contributed by atoms with Crippen LogP contribution in [0.5, 0.6) is 11.5 Å². The van der Waals surface area contributed by atoms with Crippen LogP contribution in [0.25, 0.3) is 16.5 Å². The van der Waals surface area contributed by atoms with Gasteiger partial charge in [-0.15, -0.1) is 0 Å². The number of furan rings is 1. The molecule has 4 rings (SSSR count). The second-order valence-corrected chi connectivity index (χ2v) is 8.07. The first kappa shape index (κ1) is 21.0. The van der Waals surface area contributed by atoms with Crippen molar-refractivity contribution in [3.63, 3.8) is 0 Å². The van der Waals surface area contributed by atoms with Crippen molar-refractivity contribution in [1.82, 2.24) is 5.32 Å². The minimum atomic E-state index is -0.144. The van der Waals surface area contributed by atoms with Gasteiger partial charge in [-0.3, -0.25) is 4.79 Å². The summed E-state index contributed by atoms with van der Waals surface area (Å²) in [6.45, 7) is 4.40. The van der Waals surface area contributed by atoms with Crippen LogP contribution < -0.4 is 14.8 Å². The fraction of sp³-hybridized carbons (Fsp3) is 0.346. The largest absolute Gasteiger partial charge is 0.497 e. The second-order valence-electron chi connectivity index (χ2n) is 8.07. The molecule has 3 aromatic rings. The quantitative estimate of drug-likeness (QED) is 0.547. The van der Waals surface area contributed by atoms with Crippen LogP contribution in [0.2, 0.25) is 0 Å². The Labute approximate surface area is 183 Å². The number of methoxy groups -OCH3 is 2. The van der Waals surface area contributed by atoms with Gasteiger partial charge in [-0.05, 0) is 62.4 Å². The van der Waals surface area contributed by atoms with Crippen LogP contribution in [0, 0.1) is 6.92 Å². The van der Waals surface area contributed by atoms with Crippen molar-refractivity contribution in [3.8, 4) is 11.5 Å². The third-order valence-electron chi connectivity index (χ3n) is 6.00. The molecule has 1 aliphatic rings. The molecule has 0 aliphatic heterocycles. The molecule has 162 valence electrons. The van der Waals surface area contributed by atoms with Crippen LogP contribution in [-0.4, -0.2) is 20.1 Å². The highest BCUT2D eigenvalue weighted by molar-refractivity contribution is 5.98. The van der Waals surface area contributed by atoms with Gasteiger partial charge < -0.3 is 19.2 Å². The minimum Gasteiger partial charge on any atom is -0.497 e. The predicted molar refractivity (Wildman–Crippen MR) is 123 cm³/mol. The van der Waals surface area contributed by atoms with Gasteiger partial charge in [0, 0.05) is 41.1 Å². The van der Waals surface area contributed by atoms with Gasteiger partial charge in [0.15, 0.2) is 0 Å². The second kappa shape index (κ2) is 8.88. The zero-order chi connectivity index (χ0) is 22.0. The van der Waals surface area contributed by atoms with Crippen molar-refractivity contribution in [1.29, 1.82) is 0 Å². The van der Waals surface area contributed by atoms with Gasteiger partial charge in [0.25, 0.3) is 0 Å². The first-order valence-corrected chi connectivity index (χ1v) is 10.7. The summed E-state index contributed by atoms with van der Waals surface area (Å²) in [5, 5.41) is 4.10. The molecule has 1 heterocycles. The van der Waals surface area contributed by atoms with E-state index in [9.17, 15) is 4.79 Å². The van der Waals surface area contributed by atoms with Crippen molar-refractivity contribution >= 4 is 22.4 Å². The number of rotatable bonds is 6. The Morgan fingerprint density at radius 1 is 1.16 bits per heavy atom. The fourth-order valence-corrected chi connectivity index (χ4v) is 4.39. The number of ether oxygens (including phenoxy) is 2. The molecular weight excluding hydrogens is 390 g/mol. The van der Waals surface area contributed by atoms with E-state index < -0.39 is 0 Å². The monoisotopic (exact) mass is 419 g/mol. The average molecular weight is 420 g/mol. The SMILES string of the molecule is COc1cccc(CNC(=O)/C=C(\C)c2cc3c4c(oc3c(C)c2OC)CCCC4)c1. The van der Waals surface area contributed by atoms with Gasteiger partial charge in [-0.25, -0.2) is 0 Å². The Balaban J connectivity index is 1.61. The van der Waals surface area contributed by atoms with Crippen molar-refractivity contribution in [2.45, 2.75) is 46.1 Å². The molecule has 1 aromatic heterocycles. The molecule has 5 heteroatoms. The smallest absolute Gasteiger partial charge is 0.244 e. The Morgan fingerprint density at radius 2 is 1.97 bits per heavy atom. The molecule has 0 bridgehead atoms. The van der Waals surface area contributed by atoms with E-state index in [2.05, 4.69) is 11.4 Å². The van der Waals surface area contributed by atoms with E-state index in [1.807, 2.05) is 38.1 Å². The number of hydrogen-bond acceptors (Lipinski definition) is 4. The average Bonchev–Trinajstić information content (AvgIpc) is 3.17. The van der Waals surface area contributed by atoms with Crippen LogP contribution in [0.1, 0.15) is 47.8 Å². The number of aryl methyl sites for hydroxylation is 3. The number of benzene rings is 2. The molecule has 0 unspecified atom stereocenters. The molecule has 0 atom stereocenters. The predicted octanol–water partition coefficient (Wildman–Crippen LogP) is 5.36. The molecule has 2 aromatic carbocycles. The maximum absolute atomic E-state index is 12.6. The molecule has 5 nitrogen and oxygen atoms in total. The zero-order valence-corrected chi connectivity index (χ0v) is 18.6. The van der Waals surface area contributed by atoms with Gasteiger partial charge in [0.1, 0.15) is 22.8 Å². The molecule has 1 aliphatic carbocycles. The summed E-state index contributed by atoms with van der Waals surface area (Å²) in [7, 11) is 3.30. The number of fused-ring (bicyclic) bond motifs is 3. The maximum atomic E-state index is 12.6. The minimum absolute atomic E-state index is 0.144. The molecule has 1 amide bonds. The summed E-state index contributed by atoms with van der Waals surface area (Å²) in [5.41, 5.74) is 5.97. The van der Waals surface area contributed by atoms with Crippen molar-refractivity contribution in [2.75, 3.05) is 14.2 Å². The van der Waals surface area contributed by atoms with Crippen LogP contribution in [-0.2, 0) is 24.2 Å². The Morgan fingerprint density at radius 3 is 2.74 bits per heavy atom. The molecule has 0 fully saturated rings. The summed E-state index contributed by atoms with van der Waals surface area (Å²) in [6, 6.07) is 9.79. The lowest BCUT2D eigenvalue weighted by Gasteiger charge is -2.13. The van der Waals surface area contributed by atoms with Crippen molar-refractivity contribution < 1.29 is 18.7 Å². The molecule has 31 heavy (non-hydrogen) atoms. The Kier molecular flexibility index (Phi) is 6.03. The van der Waals surface area contributed by atoms with E-state index in [4.69, 9.17) is 13.9 Å². The number of amides is 1. The zero-order valence-electron chi connectivity index (χ0n) is 18.6. The lowest BCUT2D eigenvalue weighted by molar-refractivity contribution is -0.116. The van der Waals surface area contributed by atoms with Gasteiger partial charge in [0.2, 0.25) is 5.91 Å². The number of allylic oxidation sites excluding steroid dienone is 1. The number of carbonyl (C=O) groups is 1. The number of carbonyl (C=O) groups excluding carboxylic acids is 1. The van der Waals surface area contributed by atoms with E-state index in [0.717, 1.165) is 63.3 Å². The third-order valence-corrected chi connectivity index (χ3v) is 6.00. The summed E-state index contributed by atoms with van der Waals surface area (Å²) < 4.78 is 17.2. The van der Waals surface area contributed by atoms with Gasteiger partial charge in [-0.1, -0.05) is 12.1 Å². The van der Waals surface area contributed by atoms with Crippen LogP contribution in [0.15, 0.2) is 40.8 Å². The van der Waals surface area contributed by atoms with E-state index in [1.54, 1.807) is 20.3 Å². The van der Waals surface area contributed by atoms with Crippen LogP contribution in [0.4, 0.5) is 0 Å². The Hall–Kier alpha value is -3.21. The van der Waals surface area contributed by atoms with E-state index in [-0.39, 0.29) is 5.91 Å². The fourth-order valence-electron chi connectivity index (χ4n) is 4.39. The molecule has 0 radical (unpaired) electrons. The molecule has 0 spiro atoms. The third kappa shape index (κ3) is 4.18. The van der Waals surface area contributed by atoms with Gasteiger partial charge in [-0.2, -0.15) is 0 Å². The Bertz CT molecular complexity index is 1160. The van der Waals surface area contributed by atoms with Gasteiger partial charge in [0.05, 0.1) is 14.2 Å². The molecule has 0 saturated heterocycles. The molecule has 1 N–H and O–H groups in total. The molecule has 0 saturated carbocycles. The van der Waals surface area contributed by atoms with Crippen LogP contribution >= 0.6 is 0 Å². The lowest BCUT2D eigenvalue weighted by Crippen LogP contribution is -2.20. The number of nitrogens with one attached hydrogen (secondary N) is 1. The number of hydrogen-bond donors (Lipinski definition) is 1. The summed E-state index contributed by atoms with van der Waals surface area (Å²) in [4.78, 5) is 12.6. The molecular formula is C26H29NO4. The highest BCUT2D eigenvalue weighted by Crippen LogP contribution is 2.40. The van der Waals surface area contributed by atoms with E-state index >= 15 is 0 Å². The first-order valence-electron chi connectivity index (χ1n) is 10.7. The summed E-state index contributed by atoms with van der Waals surface area (Å²) in [5.74, 6) is 2.49.